The van der Waals surface area contributed by atoms with Crippen molar-refractivity contribution in [3.05, 3.63) is 29.3 Å². The number of alkyl halides is 1. The Morgan fingerprint density at radius 2 is 2.26 bits per heavy atom. The van der Waals surface area contributed by atoms with Crippen molar-refractivity contribution >= 4 is 17.5 Å². The largest absolute Gasteiger partial charge is 0.507 e. The van der Waals surface area contributed by atoms with Gasteiger partial charge in [0.2, 0.25) is 0 Å². The van der Waals surface area contributed by atoms with E-state index in [1.54, 1.807) is 12.1 Å². The van der Waals surface area contributed by atoms with E-state index in [0.717, 1.165) is 37.8 Å². The van der Waals surface area contributed by atoms with Gasteiger partial charge < -0.3 is 10.0 Å². The number of benzene rings is 1. The first-order chi connectivity index (χ1) is 9.13. The molecule has 1 amide bonds. The number of phenolic OH excluding ortho intramolecular Hbond substituents is 1. The van der Waals surface area contributed by atoms with Crippen molar-refractivity contribution in [3.8, 4) is 5.75 Å². The molecule has 0 radical (unpaired) electrons. The summed E-state index contributed by atoms with van der Waals surface area (Å²) in [6, 6.07) is 5.40. The van der Waals surface area contributed by atoms with Crippen molar-refractivity contribution < 1.29 is 9.90 Å². The molecule has 19 heavy (non-hydrogen) atoms. The molecule has 3 nitrogen and oxygen atoms in total. The van der Waals surface area contributed by atoms with Gasteiger partial charge in [-0.3, -0.25) is 4.79 Å². The monoisotopic (exact) mass is 281 g/mol. The molecule has 1 heterocycles. The molecule has 1 aliphatic rings. The minimum atomic E-state index is -0.0766. The maximum Gasteiger partial charge on any atom is 0.257 e. The van der Waals surface area contributed by atoms with Gasteiger partial charge in [-0.2, -0.15) is 0 Å². The molecule has 1 unspecified atom stereocenters. The molecule has 0 aliphatic carbocycles. The third kappa shape index (κ3) is 3.21. The minimum absolute atomic E-state index is 0.0696. The van der Waals surface area contributed by atoms with E-state index >= 15 is 0 Å². The van der Waals surface area contributed by atoms with Crippen LogP contribution in [0, 0.1) is 6.92 Å². The number of likely N-dealkylation sites (tertiary alicyclic amines) is 1. The lowest BCUT2D eigenvalue weighted by molar-refractivity contribution is 0.0606. The Morgan fingerprint density at radius 3 is 2.95 bits per heavy atom. The molecule has 1 fully saturated rings. The van der Waals surface area contributed by atoms with Crippen molar-refractivity contribution in [1.82, 2.24) is 4.90 Å². The Bertz CT molecular complexity index is 459. The Balaban J connectivity index is 2.21. The van der Waals surface area contributed by atoms with E-state index in [0.29, 0.717) is 11.4 Å². The number of aromatic hydroxyl groups is 1. The van der Waals surface area contributed by atoms with Gasteiger partial charge in [0.15, 0.2) is 0 Å². The highest BCUT2D eigenvalue weighted by molar-refractivity contribution is 6.17. The zero-order valence-electron chi connectivity index (χ0n) is 11.2. The summed E-state index contributed by atoms with van der Waals surface area (Å²) in [5, 5.41) is 9.94. The molecule has 0 bridgehead atoms. The third-order valence-corrected chi connectivity index (χ3v) is 3.93. The number of piperidine rings is 1. The number of halogens is 1. The van der Waals surface area contributed by atoms with Gasteiger partial charge in [0.05, 0.1) is 5.56 Å². The first-order valence-electron chi connectivity index (χ1n) is 6.80. The lowest BCUT2D eigenvalue weighted by atomic mass is 9.98. The van der Waals surface area contributed by atoms with E-state index in [1.165, 1.54) is 0 Å². The Kier molecular flexibility index (Phi) is 4.70. The van der Waals surface area contributed by atoms with Crippen molar-refractivity contribution in [3.63, 3.8) is 0 Å². The second-order valence-corrected chi connectivity index (χ2v) is 5.52. The molecular formula is C15H20ClNO2. The van der Waals surface area contributed by atoms with Crippen LogP contribution >= 0.6 is 11.6 Å². The molecule has 1 aromatic carbocycles. The summed E-state index contributed by atoms with van der Waals surface area (Å²) in [6.07, 6.45) is 3.99. The molecule has 1 atom stereocenters. The van der Waals surface area contributed by atoms with Crippen LogP contribution in [0.25, 0.3) is 0 Å². The van der Waals surface area contributed by atoms with Crippen LogP contribution in [0.2, 0.25) is 0 Å². The SMILES string of the molecule is Cc1ccc(C(=O)N2CCCCC2CCCl)c(O)c1. The van der Waals surface area contributed by atoms with Gasteiger partial charge in [0.1, 0.15) is 5.75 Å². The standard InChI is InChI=1S/C15H20ClNO2/c1-11-5-6-13(14(18)10-11)15(19)17-9-3-2-4-12(17)7-8-16/h5-6,10,12,18H,2-4,7-9H2,1H3. The molecule has 0 saturated carbocycles. The first-order valence-corrected chi connectivity index (χ1v) is 7.33. The number of rotatable bonds is 3. The number of carbonyl (C=O) groups excluding carboxylic acids is 1. The van der Waals surface area contributed by atoms with E-state index < -0.39 is 0 Å². The van der Waals surface area contributed by atoms with Crippen LogP contribution in [-0.2, 0) is 0 Å². The van der Waals surface area contributed by atoms with Crippen molar-refractivity contribution in [2.45, 2.75) is 38.6 Å². The minimum Gasteiger partial charge on any atom is -0.507 e. The molecule has 1 saturated heterocycles. The second kappa shape index (κ2) is 6.29. The molecular weight excluding hydrogens is 262 g/mol. The third-order valence-electron chi connectivity index (χ3n) is 3.71. The van der Waals surface area contributed by atoms with Gasteiger partial charge in [0.25, 0.3) is 5.91 Å². The van der Waals surface area contributed by atoms with E-state index in [-0.39, 0.29) is 17.7 Å². The molecule has 104 valence electrons. The topological polar surface area (TPSA) is 40.5 Å². The van der Waals surface area contributed by atoms with Crippen LogP contribution < -0.4 is 0 Å². The normalized spacial score (nSPS) is 19.5. The predicted octanol–water partition coefficient (Wildman–Crippen LogP) is 3.32. The van der Waals surface area contributed by atoms with Gasteiger partial charge in [-0.05, 0) is 50.3 Å². The average Bonchev–Trinajstić information content (AvgIpc) is 2.39. The summed E-state index contributed by atoms with van der Waals surface area (Å²) in [5.41, 5.74) is 1.34. The first kappa shape index (κ1) is 14.2. The van der Waals surface area contributed by atoms with Gasteiger partial charge in [-0.15, -0.1) is 11.6 Å². The maximum absolute atomic E-state index is 12.5. The lowest BCUT2D eigenvalue weighted by Crippen LogP contribution is -2.44. The highest BCUT2D eigenvalue weighted by atomic mass is 35.5. The van der Waals surface area contributed by atoms with Crippen LogP contribution in [0.4, 0.5) is 0 Å². The molecule has 0 aromatic heterocycles. The van der Waals surface area contributed by atoms with Crippen LogP contribution in [0.1, 0.15) is 41.6 Å². The Labute approximate surface area is 119 Å². The van der Waals surface area contributed by atoms with Gasteiger partial charge >= 0.3 is 0 Å². The molecule has 1 aromatic rings. The lowest BCUT2D eigenvalue weighted by Gasteiger charge is -2.35. The summed E-state index contributed by atoms with van der Waals surface area (Å²) in [5.74, 6) is 0.557. The Morgan fingerprint density at radius 1 is 1.47 bits per heavy atom. The highest BCUT2D eigenvalue weighted by Crippen LogP contribution is 2.26. The molecule has 2 rings (SSSR count). The summed E-state index contributed by atoms with van der Waals surface area (Å²) in [7, 11) is 0. The van der Waals surface area contributed by atoms with E-state index in [1.807, 2.05) is 17.9 Å². The fourth-order valence-electron chi connectivity index (χ4n) is 2.67. The summed E-state index contributed by atoms with van der Waals surface area (Å²) < 4.78 is 0. The van der Waals surface area contributed by atoms with Crippen molar-refractivity contribution in [1.29, 1.82) is 0 Å². The van der Waals surface area contributed by atoms with E-state index in [4.69, 9.17) is 11.6 Å². The second-order valence-electron chi connectivity index (χ2n) is 5.15. The van der Waals surface area contributed by atoms with Gasteiger partial charge in [-0.1, -0.05) is 6.07 Å². The highest BCUT2D eigenvalue weighted by Gasteiger charge is 2.28. The molecule has 1 aliphatic heterocycles. The molecule has 4 heteroatoms. The van der Waals surface area contributed by atoms with Crippen LogP contribution in [0.5, 0.6) is 5.75 Å². The summed E-state index contributed by atoms with van der Waals surface area (Å²) in [6.45, 7) is 2.65. The fraction of sp³-hybridized carbons (Fsp3) is 0.533. The van der Waals surface area contributed by atoms with E-state index in [9.17, 15) is 9.90 Å². The average molecular weight is 282 g/mol. The zero-order valence-corrected chi connectivity index (χ0v) is 12.0. The van der Waals surface area contributed by atoms with Crippen LogP contribution in [0.3, 0.4) is 0 Å². The Hall–Kier alpha value is -1.22. The van der Waals surface area contributed by atoms with Crippen molar-refractivity contribution in [2.75, 3.05) is 12.4 Å². The zero-order chi connectivity index (χ0) is 13.8. The summed E-state index contributed by atoms with van der Waals surface area (Å²) >= 11 is 5.82. The van der Waals surface area contributed by atoms with Gasteiger partial charge in [-0.25, -0.2) is 0 Å². The smallest absolute Gasteiger partial charge is 0.257 e. The van der Waals surface area contributed by atoms with Crippen LogP contribution in [0.15, 0.2) is 18.2 Å². The molecule has 1 N–H and O–H groups in total. The number of carbonyl (C=O) groups is 1. The predicted molar refractivity (Wildman–Crippen MR) is 76.9 cm³/mol. The molecule has 0 spiro atoms. The van der Waals surface area contributed by atoms with E-state index in [2.05, 4.69) is 0 Å². The number of phenols is 1. The van der Waals surface area contributed by atoms with Crippen molar-refractivity contribution in [2.24, 2.45) is 0 Å². The fourth-order valence-corrected chi connectivity index (χ4v) is 2.92. The number of hydrogen-bond donors (Lipinski definition) is 1. The number of nitrogens with zero attached hydrogens (tertiary/aromatic N) is 1. The summed E-state index contributed by atoms with van der Waals surface area (Å²) in [4.78, 5) is 14.4. The number of amides is 1. The quantitative estimate of drug-likeness (QED) is 0.864. The number of aryl methyl sites for hydroxylation is 1. The van der Waals surface area contributed by atoms with Crippen LogP contribution in [-0.4, -0.2) is 34.4 Å². The van der Waals surface area contributed by atoms with Gasteiger partial charge in [0, 0.05) is 18.5 Å². The number of hydrogen-bond acceptors (Lipinski definition) is 2. The maximum atomic E-state index is 12.5.